The van der Waals surface area contributed by atoms with Crippen LogP contribution in [0.3, 0.4) is 0 Å². The number of halogens is 1. The third-order valence-corrected chi connectivity index (χ3v) is 5.40. The molecule has 23 heavy (non-hydrogen) atoms. The Bertz CT molecular complexity index is 732. The second kappa shape index (κ2) is 5.48. The summed E-state index contributed by atoms with van der Waals surface area (Å²) in [5.74, 6) is -0.0626. The number of amides is 1. The van der Waals surface area contributed by atoms with Crippen LogP contribution >= 0.6 is 0 Å². The summed E-state index contributed by atoms with van der Waals surface area (Å²) in [7, 11) is 0. The fraction of sp³-hybridized carbons (Fsp3) is 0.350. The molecule has 118 valence electrons. The molecule has 1 fully saturated rings. The number of rotatable bonds is 2. The average molecular weight is 309 g/mol. The Balaban J connectivity index is 1.74. The number of fused-ring (bicyclic) bond motifs is 1. The highest BCUT2D eigenvalue weighted by Gasteiger charge is 2.46. The van der Waals surface area contributed by atoms with Gasteiger partial charge < -0.3 is 4.90 Å². The van der Waals surface area contributed by atoms with Gasteiger partial charge in [-0.1, -0.05) is 43.2 Å². The Morgan fingerprint density at radius 2 is 1.70 bits per heavy atom. The minimum atomic E-state index is -0.481. The lowest BCUT2D eigenvalue weighted by molar-refractivity contribution is -0.123. The van der Waals surface area contributed by atoms with Crippen molar-refractivity contribution in [3.05, 3.63) is 65.5 Å². The van der Waals surface area contributed by atoms with E-state index in [2.05, 4.69) is 6.07 Å². The summed E-state index contributed by atoms with van der Waals surface area (Å²) >= 11 is 0. The largest absolute Gasteiger partial charge is 0.311 e. The van der Waals surface area contributed by atoms with Crippen molar-refractivity contribution in [3.8, 4) is 0 Å². The lowest BCUT2D eigenvalue weighted by Crippen LogP contribution is -2.45. The van der Waals surface area contributed by atoms with Gasteiger partial charge >= 0.3 is 0 Å². The predicted octanol–water partition coefficient (Wildman–Crippen LogP) is 4.23. The van der Waals surface area contributed by atoms with Crippen molar-refractivity contribution < 1.29 is 9.18 Å². The monoisotopic (exact) mass is 309 g/mol. The molecule has 0 spiro atoms. The summed E-state index contributed by atoms with van der Waals surface area (Å²) < 4.78 is 13.3. The summed E-state index contributed by atoms with van der Waals surface area (Å²) in [4.78, 5) is 15.4. The van der Waals surface area contributed by atoms with Crippen molar-refractivity contribution in [2.45, 2.75) is 37.5 Å². The predicted molar refractivity (Wildman–Crippen MR) is 89.0 cm³/mol. The third kappa shape index (κ3) is 2.26. The maximum absolute atomic E-state index is 13.4. The molecule has 0 unspecified atom stereocenters. The fourth-order valence-electron chi connectivity index (χ4n) is 4.18. The molecule has 1 saturated carbocycles. The Morgan fingerprint density at radius 3 is 2.43 bits per heavy atom. The van der Waals surface area contributed by atoms with E-state index in [0.29, 0.717) is 0 Å². The zero-order chi connectivity index (χ0) is 15.9. The van der Waals surface area contributed by atoms with Gasteiger partial charge in [0.15, 0.2) is 0 Å². The van der Waals surface area contributed by atoms with E-state index in [0.717, 1.165) is 49.9 Å². The van der Waals surface area contributed by atoms with Gasteiger partial charge in [-0.15, -0.1) is 0 Å². The van der Waals surface area contributed by atoms with E-state index >= 15 is 0 Å². The molecule has 0 saturated heterocycles. The van der Waals surface area contributed by atoms with E-state index < -0.39 is 5.41 Å². The van der Waals surface area contributed by atoms with Gasteiger partial charge in [0, 0.05) is 12.2 Å². The van der Waals surface area contributed by atoms with Crippen LogP contribution in [0.4, 0.5) is 10.1 Å². The van der Waals surface area contributed by atoms with E-state index in [1.54, 1.807) is 12.1 Å². The number of hydrogen-bond donors (Lipinski definition) is 0. The molecule has 4 rings (SSSR count). The molecule has 0 aromatic heterocycles. The van der Waals surface area contributed by atoms with E-state index in [1.807, 2.05) is 23.1 Å². The molecule has 2 aromatic carbocycles. The van der Waals surface area contributed by atoms with Gasteiger partial charge in [0.25, 0.3) is 0 Å². The van der Waals surface area contributed by atoms with Gasteiger partial charge in [0.1, 0.15) is 5.82 Å². The summed E-state index contributed by atoms with van der Waals surface area (Å²) in [5.41, 5.74) is 2.77. The Kier molecular flexibility index (Phi) is 3.44. The highest BCUT2D eigenvalue weighted by atomic mass is 19.1. The van der Waals surface area contributed by atoms with Crippen LogP contribution < -0.4 is 4.90 Å². The van der Waals surface area contributed by atoms with Crippen molar-refractivity contribution in [3.63, 3.8) is 0 Å². The van der Waals surface area contributed by atoms with Gasteiger partial charge in [0.2, 0.25) is 5.91 Å². The quantitative estimate of drug-likeness (QED) is 0.813. The van der Waals surface area contributed by atoms with Crippen LogP contribution in [0.1, 0.15) is 36.8 Å². The molecule has 0 N–H and O–H groups in total. The number of carbonyl (C=O) groups is 1. The van der Waals surface area contributed by atoms with Crippen LogP contribution in [0.25, 0.3) is 0 Å². The molecule has 1 heterocycles. The van der Waals surface area contributed by atoms with Crippen LogP contribution in [0, 0.1) is 5.82 Å². The number of carbonyl (C=O) groups excluding carboxylic acids is 1. The number of anilines is 1. The molecule has 1 aliphatic carbocycles. The first kappa shape index (κ1) is 14.4. The van der Waals surface area contributed by atoms with Crippen LogP contribution in [-0.4, -0.2) is 12.5 Å². The molecule has 1 amide bonds. The van der Waals surface area contributed by atoms with Gasteiger partial charge in [-0.25, -0.2) is 4.39 Å². The number of para-hydroxylation sites is 1. The van der Waals surface area contributed by atoms with Gasteiger partial charge in [0.05, 0.1) is 5.41 Å². The molecule has 1 aliphatic heterocycles. The second-order valence-electron chi connectivity index (χ2n) is 6.63. The minimum absolute atomic E-state index is 0.187. The highest BCUT2D eigenvalue weighted by Crippen LogP contribution is 2.44. The lowest BCUT2D eigenvalue weighted by atomic mass is 9.77. The summed E-state index contributed by atoms with van der Waals surface area (Å²) in [6.45, 7) is 0.751. The summed E-state index contributed by atoms with van der Waals surface area (Å²) in [6, 6.07) is 14.7. The maximum atomic E-state index is 13.4. The van der Waals surface area contributed by atoms with E-state index in [-0.39, 0.29) is 11.7 Å². The first-order chi connectivity index (χ1) is 11.2. The molecular formula is C20H20FNO. The van der Waals surface area contributed by atoms with E-state index in [1.165, 1.54) is 17.7 Å². The van der Waals surface area contributed by atoms with Crippen molar-refractivity contribution >= 4 is 11.6 Å². The first-order valence-corrected chi connectivity index (χ1v) is 8.37. The molecule has 0 radical (unpaired) electrons. The maximum Gasteiger partial charge on any atom is 0.237 e. The Hall–Kier alpha value is -2.16. The number of hydrogen-bond acceptors (Lipinski definition) is 1. The fourth-order valence-corrected chi connectivity index (χ4v) is 4.18. The summed E-state index contributed by atoms with van der Waals surface area (Å²) in [5, 5.41) is 0. The molecule has 0 atom stereocenters. The summed E-state index contributed by atoms with van der Waals surface area (Å²) in [6.07, 6.45) is 4.74. The average Bonchev–Trinajstić information content (AvgIpc) is 3.23. The Labute approximate surface area is 135 Å². The first-order valence-electron chi connectivity index (χ1n) is 8.37. The van der Waals surface area contributed by atoms with Crippen LogP contribution in [-0.2, 0) is 16.6 Å². The molecule has 0 bridgehead atoms. The van der Waals surface area contributed by atoms with E-state index in [4.69, 9.17) is 0 Å². The SMILES string of the molecule is O=C(N1CCc2ccccc21)C1(c2ccc(F)cc2)CCCC1. The van der Waals surface area contributed by atoms with Crippen LogP contribution in [0.15, 0.2) is 48.5 Å². The van der Waals surface area contributed by atoms with Crippen molar-refractivity contribution in [2.75, 3.05) is 11.4 Å². The molecule has 2 nitrogen and oxygen atoms in total. The molecular weight excluding hydrogens is 289 g/mol. The standard InChI is InChI=1S/C20H20FNO/c21-17-9-7-16(8-10-17)20(12-3-4-13-20)19(23)22-14-11-15-5-1-2-6-18(15)22/h1-2,5-10H,3-4,11-14H2. The minimum Gasteiger partial charge on any atom is -0.311 e. The highest BCUT2D eigenvalue weighted by molar-refractivity contribution is 6.02. The molecule has 2 aliphatic rings. The number of nitrogens with zero attached hydrogens (tertiary/aromatic N) is 1. The van der Waals surface area contributed by atoms with Crippen LogP contribution in [0.2, 0.25) is 0 Å². The van der Waals surface area contributed by atoms with E-state index in [9.17, 15) is 9.18 Å². The second-order valence-corrected chi connectivity index (χ2v) is 6.63. The topological polar surface area (TPSA) is 20.3 Å². The molecule has 2 aromatic rings. The third-order valence-electron chi connectivity index (χ3n) is 5.40. The number of benzene rings is 2. The van der Waals surface area contributed by atoms with Crippen LogP contribution in [0.5, 0.6) is 0 Å². The van der Waals surface area contributed by atoms with Gasteiger partial charge in [-0.2, -0.15) is 0 Å². The van der Waals surface area contributed by atoms with Gasteiger partial charge in [-0.3, -0.25) is 4.79 Å². The normalized spacial score (nSPS) is 18.9. The van der Waals surface area contributed by atoms with Gasteiger partial charge in [-0.05, 0) is 48.6 Å². The zero-order valence-electron chi connectivity index (χ0n) is 13.1. The van der Waals surface area contributed by atoms with Crippen molar-refractivity contribution in [2.24, 2.45) is 0 Å². The Morgan fingerprint density at radius 1 is 1.00 bits per heavy atom. The van der Waals surface area contributed by atoms with Crippen molar-refractivity contribution in [1.29, 1.82) is 0 Å². The smallest absolute Gasteiger partial charge is 0.237 e. The zero-order valence-corrected chi connectivity index (χ0v) is 13.1. The lowest BCUT2D eigenvalue weighted by Gasteiger charge is -2.33. The van der Waals surface area contributed by atoms with Crippen molar-refractivity contribution in [1.82, 2.24) is 0 Å². The molecule has 3 heteroatoms.